The molecule has 57 heavy (non-hydrogen) atoms. The predicted molar refractivity (Wildman–Crippen MR) is 241 cm³/mol. The van der Waals surface area contributed by atoms with E-state index in [4.69, 9.17) is 11.3 Å². The molecule has 0 saturated carbocycles. The number of fused-ring (bicyclic) bond motifs is 7. The summed E-state index contributed by atoms with van der Waals surface area (Å²) in [5, 5.41) is 7.15. The van der Waals surface area contributed by atoms with Crippen LogP contribution in [0.1, 0.15) is 24.0 Å². The second-order valence-corrected chi connectivity index (χ2v) is 15.2. The van der Waals surface area contributed by atoms with Crippen LogP contribution in [0.3, 0.4) is 0 Å². The van der Waals surface area contributed by atoms with Crippen LogP contribution >= 0.6 is 0 Å². The second kappa shape index (κ2) is 13.5. The molecule has 1 unspecified atom stereocenters. The quantitative estimate of drug-likeness (QED) is 0.169. The fourth-order valence-electron chi connectivity index (χ4n) is 9.17. The molecule has 0 N–H and O–H groups in total. The third-order valence-corrected chi connectivity index (χ3v) is 11.9. The van der Waals surface area contributed by atoms with Crippen LogP contribution in [0.15, 0.2) is 206 Å². The molecular formula is C55H39NO. The van der Waals surface area contributed by atoms with E-state index in [2.05, 4.69) is 199 Å². The van der Waals surface area contributed by atoms with E-state index in [0.717, 1.165) is 57.6 Å². The smallest absolute Gasteiger partial charge is 0.135 e. The second-order valence-electron chi connectivity index (χ2n) is 15.2. The van der Waals surface area contributed by atoms with E-state index in [9.17, 15) is 0 Å². The van der Waals surface area contributed by atoms with Crippen molar-refractivity contribution in [2.45, 2.75) is 18.9 Å². The number of hydrogen-bond acceptors (Lipinski definition) is 2. The minimum Gasteiger partial charge on any atom is -0.484 e. The Labute approximate surface area is 333 Å². The van der Waals surface area contributed by atoms with Gasteiger partial charge in [0.05, 0.1) is 5.69 Å². The van der Waals surface area contributed by atoms with Crippen LogP contribution in [0.25, 0.3) is 65.7 Å². The molecule has 11 rings (SSSR count). The Morgan fingerprint density at radius 1 is 0.456 bits per heavy atom. The van der Waals surface area contributed by atoms with Gasteiger partial charge in [0.1, 0.15) is 11.9 Å². The maximum absolute atomic E-state index is 7.04. The lowest BCUT2D eigenvalue weighted by atomic mass is 9.79. The third-order valence-electron chi connectivity index (χ3n) is 11.9. The highest BCUT2D eigenvalue weighted by Crippen LogP contribution is 2.55. The van der Waals surface area contributed by atoms with Crippen molar-refractivity contribution < 1.29 is 4.74 Å². The van der Waals surface area contributed by atoms with Gasteiger partial charge in [0.25, 0.3) is 0 Å². The summed E-state index contributed by atoms with van der Waals surface area (Å²) in [7, 11) is 0. The van der Waals surface area contributed by atoms with Gasteiger partial charge >= 0.3 is 0 Å². The lowest BCUT2D eigenvalue weighted by Crippen LogP contribution is -2.18. The average Bonchev–Trinajstić information content (AvgIpc) is 3.65. The molecule has 1 aliphatic carbocycles. The molecule has 1 atom stereocenters. The molecule has 0 fully saturated rings. The Morgan fingerprint density at radius 2 is 1.07 bits per heavy atom. The van der Waals surface area contributed by atoms with Crippen molar-refractivity contribution in [2.75, 3.05) is 4.90 Å². The Bertz CT molecular complexity index is 3060. The topological polar surface area (TPSA) is 12.5 Å². The first-order valence-electron chi connectivity index (χ1n) is 19.9. The molecule has 0 spiro atoms. The molecule has 0 amide bonds. The zero-order valence-corrected chi connectivity index (χ0v) is 31.5. The standard InChI is InChI=1S/C55H39NO/c1-36-25-32-52-54(53(36)48-24-12-18-41-16-7-8-21-46(41)48)50-35-51(47-22-9-10-23-49(47)55(50)57-52)56(45-31-30-38-15-5-6-17-42(38)34-45)44-20-11-19-43(33-44)40-28-26-39(27-29-40)37-13-3-2-4-14-37/h2-24,26-31,33-35,52H,1,25,32H2. The van der Waals surface area contributed by atoms with Crippen molar-refractivity contribution in [3.63, 3.8) is 0 Å². The first-order chi connectivity index (χ1) is 28.2. The number of hydrogen-bond donors (Lipinski definition) is 0. The van der Waals surface area contributed by atoms with Crippen LogP contribution in [0, 0.1) is 0 Å². The normalized spacial score (nSPS) is 14.8. The lowest BCUT2D eigenvalue weighted by Gasteiger charge is -2.29. The number of nitrogens with zero attached hydrogens (tertiary/aromatic N) is 1. The molecule has 2 aliphatic rings. The van der Waals surface area contributed by atoms with Gasteiger partial charge in [-0.1, -0.05) is 170 Å². The molecule has 0 saturated heterocycles. The van der Waals surface area contributed by atoms with Crippen molar-refractivity contribution >= 4 is 60.5 Å². The third kappa shape index (κ3) is 5.64. The van der Waals surface area contributed by atoms with Crippen molar-refractivity contribution in [1.29, 1.82) is 0 Å². The summed E-state index contributed by atoms with van der Waals surface area (Å²) >= 11 is 0. The molecule has 2 nitrogen and oxygen atoms in total. The minimum absolute atomic E-state index is 0.0468. The summed E-state index contributed by atoms with van der Waals surface area (Å²) in [6, 6.07) is 70.4. The van der Waals surface area contributed by atoms with Crippen LogP contribution in [-0.2, 0) is 0 Å². The van der Waals surface area contributed by atoms with Gasteiger partial charge in [-0.05, 0) is 104 Å². The first kappa shape index (κ1) is 33.2. The number of allylic oxidation sites excluding steroid dienone is 2. The summed E-state index contributed by atoms with van der Waals surface area (Å²) in [5.41, 5.74) is 14.1. The van der Waals surface area contributed by atoms with Crippen LogP contribution < -0.4 is 9.64 Å². The highest BCUT2D eigenvalue weighted by molar-refractivity contribution is 6.13. The van der Waals surface area contributed by atoms with Crippen LogP contribution in [0.5, 0.6) is 5.75 Å². The van der Waals surface area contributed by atoms with E-state index < -0.39 is 0 Å². The van der Waals surface area contributed by atoms with Gasteiger partial charge in [-0.25, -0.2) is 0 Å². The summed E-state index contributed by atoms with van der Waals surface area (Å²) in [4.78, 5) is 2.44. The lowest BCUT2D eigenvalue weighted by molar-refractivity contribution is 0.266. The van der Waals surface area contributed by atoms with Crippen molar-refractivity contribution in [2.24, 2.45) is 0 Å². The fourth-order valence-corrected chi connectivity index (χ4v) is 9.17. The van der Waals surface area contributed by atoms with Gasteiger partial charge in [-0.2, -0.15) is 0 Å². The molecule has 2 heteroatoms. The minimum atomic E-state index is -0.0468. The molecule has 9 aromatic rings. The monoisotopic (exact) mass is 729 g/mol. The van der Waals surface area contributed by atoms with E-state index in [1.807, 2.05) is 0 Å². The molecule has 0 radical (unpaired) electrons. The molecule has 1 heterocycles. The molecular weight excluding hydrogens is 691 g/mol. The van der Waals surface area contributed by atoms with Gasteiger partial charge in [0, 0.05) is 33.3 Å². The Morgan fingerprint density at radius 3 is 1.89 bits per heavy atom. The van der Waals surface area contributed by atoms with Crippen LogP contribution in [-0.4, -0.2) is 6.10 Å². The van der Waals surface area contributed by atoms with Crippen LogP contribution in [0.4, 0.5) is 17.1 Å². The summed E-state index contributed by atoms with van der Waals surface area (Å²) < 4.78 is 7.04. The van der Waals surface area contributed by atoms with E-state index in [1.165, 1.54) is 60.5 Å². The maximum atomic E-state index is 7.04. The van der Waals surface area contributed by atoms with Gasteiger partial charge in [-0.3, -0.25) is 0 Å². The largest absolute Gasteiger partial charge is 0.484 e. The van der Waals surface area contributed by atoms with Crippen molar-refractivity contribution in [1.82, 2.24) is 0 Å². The highest BCUT2D eigenvalue weighted by Gasteiger charge is 2.38. The van der Waals surface area contributed by atoms with Gasteiger partial charge < -0.3 is 9.64 Å². The molecule has 0 aromatic heterocycles. The SMILES string of the molecule is C=C1CCC2Oc3c(cc(N(c4cccc(-c5ccc(-c6ccccc6)cc5)c4)c4ccc5ccccc5c4)c4ccccc34)C2=C1c1cccc2ccccc12. The number of benzene rings is 9. The van der Waals surface area contributed by atoms with Crippen LogP contribution in [0.2, 0.25) is 0 Å². The number of rotatable bonds is 6. The van der Waals surface area contributed by atoms with E-state index in [1.54, 1.807) is 0 Å². The Kier molecular flexibility index (Phi) is 7.89. The van der Waals surface area contributed by atoms with Gasteiger partial charge in [0.15, 0.2) is 0 Å². The van der Waals surface area contributed by atoms with Gasteiger partial charge in [-0.15, -0.1) is 0 Å². The summed E-state index contributed by atoms with van der Waals surface area (Å²) in [6.45, 7) is 4.69. The van der Waals surface area contributed by atoms with Crippen molar-refractivity contribution in [3.05, 3.63) is 217 Å². The van der Waals surface area contributed by atoms with E-state index >= 15 is 0 Å². The molecule has 1 aliphatic heterocycles. The zero-order valence-electron chi connectivity index (χ0n) is 31.5. The molecule has 270 valence electrons. The zero-order chi connectivity index (χ0) is 37.9. The summed E-state index contributed by atoms with van der Waals surface area (Å²) in [6.07, 6.45) is 1.75. The molecule has 0 bridgehead atoms. The van der Waals surface area contributed by atoms with Crippen molar-refractivity contribution in [3.8, 4) is 28.0 Å². The number of anilines is 3. The molecule has 9 aromatic carbocycles. The number of ether oxygens (including phenoxy) is 1. The first-order valence-corrected chi connectivity index (χ1v) is 19.9. The maximum Gasteiger partial charge on any atom is 0.135 e. The highest BCUT2D eigenvalue weighted by atomic mass is 16.5. The average molecular weight is 730 g/mol. The Balaban J connectivity index is 1.14. The Hall–Kier alpha value is -7.16. The predicted octanol–water partition coefficient (Wildman–Crippen LogP) is 15.0. The van der Waals surface area contributed by atoms with E-state index in [-0.39, 0.29) is 6.10 Å². The van der Waals surface area contributed by atoms with Gasteiger partial charge in [0.2, 0.25) is 0 Å². The fraction of sp³-hybridized carbons (Fsp3) is 0.0545. The summed E-state index contributed by atoms with van der Waals surface area (Å²) in [5.74, 6) is 0.965. The van der Waals surface area contributed by atoms with E-state index in [0.29, 0.717) is 0 Å².